The zero-order valence-corrected chi connectivity index (χ0v) is 24.2. The van der Waals surface area contributed by atoms with Gasteiger partial charge >= 0.3 is 12.1 Å². The molecule has 5 aromatic rings. The number of carboxylic acids is 1. The fourth-order valence-corrected chi connectivity index (χ4v) is 8.75. The molecule has 6 nitrogen and oxygen atoms in total. The molecule has 1 atom stereocenters. The summed E-state index contributed by atoms with van der Waals surface area (Å²) in [6, 6.07) is 37.9. The Labute approximate surface area is 240 Å². The highest BCUT2D eigenvalue weighted by molar-refractivity contribution is 7.87. The van der Waals surface area contributed by atoms with Crippen LogP contribution in [0.5, 0.6) is 0 Å². The minimum absolute atomic E-state index is 0.0114. The Kier molecular flexibility index (Phi) is 7.96. The third kappa shape index (κ3) is 5.89. The van der Waals surface area contributed by atoms with Gasteiger partial charge in [0.2, 0.25) is 0 Å². The van der Waals surface area contributed by atoms with Crippen molar-refractivity contribution in [3.63, 3.8) is 0 Å². The molecule has 5 rings (SSSR count). The molecule has 0 saturated carbocycles. The number of carboxylic acid groups (broad SMARTS) is 1. The van der Waals surface area contributed by atoms with E-state index in [0.29, 0.717) is 11.2 Å². The molecule has 0 spiro atoms. The van der Waals surface area contributed by atoms with Gasteiger partial charge in [0, 0.05) is 33.4 Å². The largest absolute Gasteiger partial charge is 0.480 e. The molecular weight excluding hydrogens is 531 g/mol. The van der Waals surface area contributed by atoms with E-state index >= 15 is 0 Å². The van der Waals surface area contributed by atoms with Crippen LogP contribution >= 0.6 is 7.05 Å². The second-order valence-corrected chi connectivity index (χ2v) is 13.9. The van der Waals surface area contributed by atoms with Crippen LogP contribution in [0.4, 0.5) is 4.79 Å². The monoisotopic (exact) mass is 564 g/mol. The first-order chi connectivity index (χ1) is 19.7. The van der Waals surface area contributed by atoms with Crippen molar-refractivity contribution >= 4 is 45.9 Å². The van der Waals surface area contributed by atoms with Gasteiger partial charge in [0.1, 0.15) is 5.60 Å². The molecule has 0 amide bonds. The fraction of sp³-hybridized carbons (Fsp3) is 0.176. The quantitative estimate of drug-likeness (QED) is 0.226. The summed E-state index contributed by atoms with van der Waals surface area (Å²) in [5.41, 5.74) is 0.477. The zero-order valence-electron chi connectivity index (χ0n) is 23.3. The van der Waals surface area contributed by atoms with Crippen LogP contribution in [0.3, 0.4) is 0 Å². The van der Waals surface area contributed by atoms with Crippen molar-refractivity contribution in [1.29, 1.82) is 0 Å². The molecule has 0 fully saturated rings. The molecular formula is C34H33N2O4P. The topological polar surface area (TPSA) is 80.9 Å². The summed E-state index contributed by atoms with van der Waals surface area (Å²) in [5.74, 6) is -1.06. The zero-order chi connectivity index (χ0) is 29.0. The van der Waals surface area contributed by atoms with Crippen LogP contribution in [0.2, 0.25) is 0 Å². The van der Waals surface area contributed by atoms with E-state index in [2.05, 4.69) is 0 Å². The first-order valence-corrected chi connectivity index (χ1v) is 15.3. The maximum absolute atomic E-state index is 13.4. The molecule has 0 aliphatic heterocycles. The average Bonchev–Trinajstić information content (AvgIpc) is 3.34. The van der Waals surface area contributed by atoms with Gasteiger partial charge in [-0.05, 0) is 32.9 Å². The lowest BCUT2D eigenvalue weighted by Gasteiger charge is -2.28. The van der Waals surface area contributed by atoms with Gasteiger partial charge in [-0.3, -0.25) is 4.74 Å². The molecule has 0 bridgehead atoms. The van der Waals surface area contributed by atoms with Crippen molar-refractivity contribution in [3.8, 4) is 0 Å². The van der Waals surface area contributed by atoms with E-state index in [4.69, 9.17) is 9.48 Å². The van der Waals surface area contributed by atoms with Crippen LogP contribution in [0.1, 0.15) is 26.5 Å². The first-order valence-electron chi connectivity index (χ1n) is 13.5. The Morgan fingerprint density at radius 2 is 1.24 bits per heavy atom. The Bertz CT molecular complexity index is 1620. The lowest BCUT2D eigenvalue weighted by Crippen LogP contribution is -2.31. The first kappa shape index (κ1) is 28.1. The number of carbonyl (C=O) groups excluding carboxylic acids is 1. The van der Waals surface area contributed by atoms with Crippen molar-refractivity contribution in [2.24, 2.45) is 4.74 Å². The van der Waals surface area contributed by atoms with Gasteiger partial charge in [-0.25, -0.2) is 14.2 Å². The van der Waals surface area contributed by atoms with E-state index in [-0.39, 0.29) is 6.42 Å². The third-order valence-corrected chi connectivity index (χ3v) is 10.5. The fourth-order valence-electron chi connectivity index (χ4n) is 5.05. The molecule has 4 aromatic carbocycles. The maximum atomic E-state index is 13.4. The number of fused-ring (bicyclic) bond motifs is 1. The SMILES string of the molecule is CC(C)(C)OC(=O)n1c(CC(N=P(c2ccccc2)(c2ccccc2)c2ccccc2)C(=O)O)cc2ccccc21. The predicted octanol–water partition coefficient (Wildman–Crippen LogP) is 6.60. The molecule has 1 heterocycles. The lowest BCUT2D eigenvalue weighted by molar-refractivity contribution is -0.138. The number of aliphatic carboxylic acids is 1. The molecule has 0 radical (unpaired) electrons. The molecule has 208 valence electrons. The van der Waals surface area contributed by atoms with Crippen LogP contribution in [-0.4, -0.2) is 33.4 Å². The van der Waals surface area contributed by atoms with E-state index in [1.807, 2.05) is 142 Å². The number of carbonyl (C=O) groups is 2. The summed E-state index contributed by atoms with van der Waals surface area (Å²) in [6.45, 7) is 5.43. The molecule has 1 unspecified atom stereocenters. The van der Waals surface area contributed by atoms with E-state index in [1.165, 1.54) is 4.57 Å². The second kappa shape index (κ2) is 11.6. The molecule has 7 heteroatoms. The summed E-state index contributed by atoms with van der Waals surface area (Å²) in [6.07, 6.45) is -0.537. The van der Waals surface area contributed by atoms with Crippen molar-refractivity contribution in [2.45, 2.75) is 38.8 Å². The highest BCUT2D eigenvalue weighted by atomic mass is 31.2. The summed E-state index contributed by atoms with van der Waals surface area (Å²) in [4.78, 5) is 26.4. The summed E-state index contributed by atoms with van der Waals surface area (Å²) in [7, 11) is -2.79. The van der Waals surface area contributed by atoms with E-state index in [9.17, 15) is 14.7 Å². The van der Waals surface area contributed by atoms with Gasteiger partial charge in [-0.1, -0.05) is 109 Å². The number of ether oxygens (including phenoxy) is 1. The maximum Gasteiger partial charge on any atom is 0.419 e. The van der Waals surface area contributed by atoms with Crippen molar-refractivity contribution < 1.29 is 19.4 Å². The van der Waals surface area contributed by atoms with Crippen LogP contribution in [-0.2, 0) is 16.0 Å². The Morgan fingerprint density at radius 1 is 0.780 bits per heavy atom. The van der Waals surface area contributed by atoms with Crippen LogP contribution in [0, 0.1) is 0 Å². The molecule has 41 heavy (non-hydrogen) atoms. The number of hydrogen-bond donors (Lipinski definition) is 1. The predicted molar refractivity (Wildman–Crippen MR) is 166 cm³/mol. The summed E-state index contributed by atoms with van der Waals surface area (Å²) < 4.78 is 12.5. The van der Waals surface area contributed by atoms with Crippen molar-refractivity contribution in [3.05, 3.63) is 127 Å². The number of hydrogen-bond acceptors (Lipinski definition) is 4. The van der Waals surface area contributed by atoms with Crippen molar-refractivity contribution in [2.75, 3.05) is 0 Å². The Hall–Kier alpha value is -4.41. The number of rotatable bonds is 7. The van der Waals surface area contributed by atoms with Crippen LogP contribution in [0.15, 0.2) is 126 Å². The molecule has 0 saturated heterocycles. The van der Waals surface area contributed by atoms with Gasteiger partial charge in [0.25, 0.3) is 0 Å². The van der Waals surface area contributed by atoms with E-state index in [1.54, 1.807) is 0 Å². The molecule has 0 aliphatic carbocycles. The average molecular weight is 565 g/mol. The van der Waals surface area contributed by atoms with Gasteiger partial charge < -0.3 is 9.84 Å². The normalized spacial score (nSPS) is 12.6. The summed E-state index contributed by atoms with van der Waals surface area (Å²) >= 11 is 0. The summed E-state index contributed by atoms with van der Waals surface area (Å²) in [5, 5.41) is 14.3. The lowest BCUT2D eigenvalue weighted by atomic mass is 10.1. The van der Waals surface area contributed by atoms with Gasteiger partial charge in [-0.15, -0.1) is 0 Å². The highest BCUT2D eigenvalue weighted by Crippen LogP contribution is 2.47. The number of nitrogens with zero attached hydrogens (tertiary/aromatic N) is 2. The van der Waals surface area contributed by atoms with Crippen LogP contribution in [0.25, 0.3) is 10.9 Å². The number of benzene rings is 4. The Balaban J connectivity index is 1.75. The highest BCUT2D eigenvalue weighted by Gasteiger charge is 2.32. The standard InChI is InChI=1S/C34H33N2O4P/c1-34(2,3)40-33(39)36-26(23-25-15-13-14-22-31(25)36)24-30(32(37)38)35-41(27-16-7-4-8-17-27,28-18-9-5-10-19-28)29-20-11-6-12-21-29/h4-23,30H,24H2,1-3H3,(H,37,38). The molecule has 1 N–H and O–H groups in total. The number of aromatic nitrogens is 1. The molecule has 0 aliphatic rings. The van der Waals surface area contributed by atoms with Gasteiger partial charge in [0.05, 0.1) is 12.6 Å². The van der Waals surface area contributed by atoms with E-state index in [0.717, 1.165) is 21.3 Å². The van der Waals surface area contributed by atoms with Crippen LogP contribution < -0.4 is 15.9 Å². The minimum atomic E-state index is -2.79. The van der Waals surface area contributed by atoms with E-state index < -0.39 is 30.8 Å². The Morgan fingerprint density at radius 3 is 1.71 bits per heavy atom. The smallest absolute Gasteiger partial charge is 0.419 e. The van der Waals surface area contributed by atoms with Gasteiger partial charge in [0.15, 0.2) is 6.04 Å². The van der Waals surface area contributed by atoms with Crippen molar-refractivity contribution in [1.82, 2.24) is 4.57 Å². The second-order valence-electron chi connectivity index (χ2n) is 10.8. The molecule has 1 aromatic heterocycles. The minimum Gasteiger partial charge on any atom is -0.480 e. The third-order valence-electron chi connectivity index (χ3n) is 6.75. The number of para-hydroxylation sites is 1. The van der Waals surface area contributed by atoms with Gasteiger partial charge in [-0.2, -0.15) is 0 Å².